The molecule has 4 rings (SSSR count). The highest BCUT2D eigenvalue weighted by molar-refractivity contribution is 5.44. The number of nitrogens with zero attached hydrogens (tertiary/aromatic N) is 1. The zero-order chi connectivity index (χ0) is 19.3. The SMILES string of the molecule is COc1ccc(OC)c(CN(Cc2ccc3c(c2)OCO3)CC2CCCO2)c1. The van der Waals surface area contributed by atoms with E-state index in [1.54, 1.807) is 14.2 Å². The van der Waals surface area contributed by atoms with Gasteiger partial charge in [-0.2, -0.15) is 0 Å². The molecule has 1 saturated heterocycles. The van der Waals surface area contributed by atoms with Gasteiger partial charge < -0.3 is 23.7 Å². The van der Waals surface area contributed by atoms with Crippen molar-refractivity contribution in [2.24, 2.45) is 0 Å². The van der Waals surface area contributed by atoms with Crippen LogP contribution < -0.4 is 18.9 Å². The first-order valence-electron chi connectivity index (χ1n) is 9.68. The van der Waals surface area contributed by atoms with Crippen LogP contribution in [0.15, 0.2) is 36.4 Å². The van der Waals surface area contributed by atoms with E-state index in [1.807, 2.05) is 24.3 Å². The second-order valence-electron chi connectivity index (χ2n) is 7.17. The lowest BCUT2D eigenvalue weighted by Gasteiger charge is -2.26. The molecule has 1 unspecified atom stereocenters. The van der Waals surface area contributed by atoms with Crippen molar-refractivity contribution in [3.63, 3.8) is 0 Å². The molecular weight excluding hydrogens is 358 g/mol. The van der Waals surface area contributed by atoms with Crippen molar-refractivity contribution in [3.8, 4) is 23.0 Å². The summed E-state index contributed by atoms with van der Waals surface area (Å²) in [6.07, 6.45) is 2.50. The lowest BCUT2D eigenvalue weighted by Crippen LogP contribution is -2.31. The van der Waals surface area contributed by atoms with E-state index in [0.717, 1.165) is 67.6 Å². The van der Waals surface area contributed by atoms with E-state index in [0.29, 0.717) is 6.79 Å². The molecule has 28 heavy (non-hydrogen) atoms. The topological polar surface area (TPSA) is 49.4 Å². The van der Waals surface area contributed by atoms with Crippen molar-refractivity contribution >= 4 is 0 Å². The van der Waals surface area contributed by atoms with Crippen LogP contribution in [0.1, 0.15) is 24.0 Å². The first-order chi connectivity index (χ1) is 13.7. The molecule has 0 aromatic heterocycles. The average molecular weight is 385 g/mol. The Labute approximate surface area is 165 Å². The highest BCUT2D eigenvalue weighted by atomic mass is 16.7. The van der Waals surface area contributed by atoms with Gasteiger partial charge in [-0.15, -0.1) is 0 Å². The Morgan fingerprint density at radius 1 is 1.00 bits per heavy atom. The van der Waals surface area contributed by atoms with Crippen LogP contribution in [-0.2, 0) is 17.8 Å². The van der Waals surface area contributed by atoms with E-state index in [9.17, 15) is 0 Å². The summed E-state index contributed by atoms with van der Waals surface area (Å²) in [5.74, 6) is 3.32. The highest BCUT2D eigenvalue weighted by Crippen LogP contribution is 2.33. The van der Waals surface area contributed by atoms with Gasteiger partial charge in [-0.3, -0.25) is 4.90 Å². The second-order valence-corrected chi connectivity index (χ2v) is 7.17. The minimum absolute atomic E-state index is 0.269. The Bertz CT molecular complexity index is 804. The fraction of sp³-hybridized carbons (Fsp3) is 0.455. The normalized spacial score (nSPS) is 17.9. The number of fused-ring (bicyclic) bond motifs is 1. The summed E-state index contributed by atoms with van der Waals surface area (Å²) in [5.41, 5.74) is 2.28. The molecule has 0 bridgehead atoms. The monoisotopic (exact) mass is 385 g/mol. The van der Waals surface area contributed by atoms with Crippen molar-refractivity contribution in [3.05, 3.63) is 47.5 Å². The summed E-state index contributed by atoms with van der Waals surface area (Å²) >= 11 is 0. The second kappa shape index (κ2) is 8.71. The molecule has 2 aliphatic heterocycles. The average Bonchev–Trinajstić information content (AvgIpc) is 3.39. The fourth-order valence-electron chi connectivity index (χ4n) is 3.81. The van der Waals surface area contributed by atoms with Gasteiger partial charge in [0.15, 0.2) is 11.5 Å². The minimum atomic E-state index is 0.269. The maximum absolute atomic E-state index is 5.89. The van der Waals surface area contributed by atoms with Gasteiger partial charge in [0, 0.05) is 31.8 Å². The standard InChI is InChI=1S/C22H27NO5/c1-24-18-6-8-20(25-2)17(11-18)13-23(14-19-4-3-9-26-19)12-16-5-7-21-22(10-16)28-15-27-21/h5-8,10-11,19H,3-4,9,12-15H2,1-2H3. The van der Waals surface area contributed by atoms with E-state index in [2.05, 4.69) is 17.0 Å². The molecule has 150 valence electrons. The third-order valence-corrected chi connectivity index (χ3v) is 5.21. The molecular formula is C22H27NO5. The molecule has 0 spiro atoms. The van der Waals surface area contributed by atoms with Gasteiger partial charge in [0.05, 0.1) is 20.3 Å². The molecule has 0 saturated carbocycles. The first kappa shape index (κ1) is 18.9. The van der Waals surface area contributed by atoms with E-state index < -0.39 is 0 Å². The summed E-state index contributed by atoms with van der Waals surface area (Å²) in [7, 11) is 3.38. The molecule has 0 radical (unpaired) electrons. The molecule has 1 atom stereocenters. The van der Waals surface area contributed by atoms with Gasteiger partial charge in [0.1, 0.15) is 11.5 Å². The number of benzene rings is 2. The Morgan fingerprint density at radius 3 is 2.68 bits per heavy atom. The maximum atomic E-state index is 5.89. The Morgan fingerprint density at radius 2 is 1.89 bits per heavy atom. The summed E-state index contributed by atoms with van der Waals surface area (Å²) < 4.78 is 27.8. The third-order valence-electron chi connectivity index (χ3n) is 5.21. The summed E-state index contributed by atoms with van der Waals surface area (Å²) in [6.45, 7) is 3.55. The van der Waals surface area contributed by atoms with E-state index >= 15 is 0 Å². The lowest BCUT2D eigenvalue weighted by atomic mass is 10.1. The quantitative estimate of drug-likeness (QED) is 0.692. The molecule has 2 heterocycles. The fourth-order valence-corrected chi connectivity index (χ4v) is 3.81. The Hall–Kier alpha value is -2.44. The molecule has 0 amide bonds. The van der Waals surface area contributed by atoms with Crippen LogP contribution in [0, 0.1) is 0 Å². The summed E-state index contributed by atoms with van der Waals surface area (Å²) in [5, 5.41) is 0. The van der Waals surface area contributed by atoms with Crippen LogP contribution in [0.2, 0.25) is 0 Å². The molecule has 1 fully saturated rings. The third kappa shape index (κ3) is 4.34. The number of ether oxygens (including phenoxy) is 5. The molecule has 6 heteroatoms. The predicted molar refractivity (Wildman–Crippen MR) is 105 cm³/mol. The van der Waals surface area contributed by atoms with Crippen LogP contribution in [0.4, 0.5) is 0 Å². The predicted octanol–water partition coefficient (Wildman–Crippen LogP) is 3.61. The van der Waals surface area contributed by atoms with E-state index in [4.69, 9.17) is 23.7 Å². The van der Waals surface area contributed by atoms with Crippen LogP contribution in [0.25, 0.3) is 0 Å². The van der Waals surface area contributed by atoms with Crippen LogP contribution >= 0.6 is 0 Å². The lowest BCUT2D eigenvalue weighted by molar-refractivity contribution is 0.0676. The number of hydrogen-bond donors (Lipinski definition) is 0. The van der Waals surface area contributed by atoms with Crippen molar-refractivity contribution < 1.29 is 23.7 Å². The highest BCUT2D eigenvalue weighted by Gasteiger charge is 2.22. The molecule has 2 aromatic rings. The van der Waals surface area contributed by atoms with Crippen molar-refractivity contribution in [1.29, 1.82) is 0 Å². The van der Waals surface area contributed by atoms with Gasteiger partial charge in [-0.1, -0.05) is 6.07 Å². The largest absolute Gasteiger partial charge is 0.497 e. The molecule has 2 aromatic carbocycles. The zero-order valence-corrected chi connectivity index (χ0v) is 16.5. The molecule has 0 aliphatic carbocycles. The smallest absolute Gasteiger partial charge is 0.231 e. The Balaban J connectivity index is 1.55. The van der Waals surface area contributed by atoms with Crippen LogP contribution in [0.3, 0.4) is 0 Å². The maximum Gasteiger partial charge on any atom is 0.231 e. The van der Waals surface area contributed by atoms with Gasteiger partial charge in [-0.25, -0.2) is 0 Å². The molecule has 2 aliphatic rings. The van der Waals surface area contributed by atoms with Gasteiger partial charge in [0.2, 0.25) is 6.79 Å². The van der Waals surface area contributed by atoms with Gasteiger partial charge >= 0.3 is 0 Å². The van der Waals surface area contributed by atoms with Crippen LogP contribution in [-0.4, -0.2) is 45.2 Å². The van der Waals surface area contributed by atoms with Crippen molar-refractivity contribution in [2.45, 2.75) is 32.0 Å². The first-order valence-corrected chi connectivity index (χ1v) is 9.68. The van der Waals surface area contributed by atoms with Gasteiger partial charge in [0.25, 0.3) is 0 Å². The van der Waals surface area contributed by atoms with Crippen LogP contribution in [0.5, 0.6) is 23.0 Å². The number of rotatable bonds is 8. The van der Waals surface area contributed by atoms with E-state index in [-0.39, 0.29) is 6.10 Å². The molecule has 0 N–H and O–H groups in total. The zero-order valence-electron chi connectivity index (χ0n) is 16.5. The summed E-state index contributed by atoms with van der Waals surface area (Å²) in [6, 6.07) is 12.1. The van der Waals surface area contributed by atoms with Crippen molar-refractivity contribution in [2.75, 3.05) is 34.2 Å². The van der Waals surface area contributed by atoms with Crippen molar-refractivity contribution in [1.82, 2.24) is 4.90 Å². The van der Waals surface area contributed by atoms with Gasteiger partial charge in [-0.05, 0) is 48.7 Å². The van der Waals surface area contributed by atoms with E-state index in [1.165, 1.54) is 5.56 Å². The minimum Gasteiger partial charge on any atom is -0.497 e. The number of hydrogen-bond acceptors (Lipinski definition) is 6. The number of methoxy groups -OCH3 is 2. The molecule has 6 nitrogen and oxygen atoms in total. The Kier molecular flexibility index (Phi) is 5.88. The summed E-state index contributed by atoms with van der Waals surface area (Å²) in [4.78, 5) is 2.39.